The zero-order valence-corrected chi connectivity index (χ0v) is 11.9. The molecule has 2 aromatic rings. The molecule has 0 amide bonds. The van der Waals surface area contributed by atoms with Crippen LogP contribution >= 0.6 is 34.5 Å². The number of hydrogen-bond acceptors (Lipinski definition) is 5. The zero-order valence-electron chi connectivity index (χ0n) is 9.54. The molecule has 1 heterocycles. The minimum Gasteiger partial charge on any atom is -0.464 e. The van der Waals surface area contributed by atoms with E-state index in [9.17, 15) is 9.18 Å². The van der Waals surface area contributed by atoms with Crippen LogP contribution in [0.2, 0.25) is 10.0 Å². The minimum atomic E-state index is -0.541. The van der Waals surface area contributed by atoms with Crippen LogP contribution in [0.4, 0.5) is 15.2 Å². The Morgan fingerprint density at radius 3 is 2.63 bits per heavy atom. The van der Waals surface area contributed by atoms with Gasteiger partial charge in [0.2, 0.25) is 0 Å². The monoisotopic (exact) mass is 320 g/mol. The van der Waals surface area contributed by atoms with E-state index in [0.29, 0.717) is 10.8 Å². The van der Waals surface area contributed by atoms with E-state index in [2.05, 4.69) is 15.0 Å². The average Bonchev–Trinajstić information content (AvgIpc) is 2.81. The summed E-state index contributed by atoms with van der Waals surface area (Å²) in [5.41, 5.74) is 0.500. The van der Waals surface area contributed by atoms with Crippen molar-refractivity contribution in [1.82, 2.24) is 4.98 Å². The molecule has 0 aliphatic rings. The topological polar surface area (TPSA) is 51.2 Å². The Balaban J connectivity index is 2.27. The van der Waals surface area contributed by atoms with Gasteiger partial charge in [0.15, 0.2) is 10.8 Å². The van der Waals surface area contributed by atoms with E-state index in [-0.39, 0.29) is 15.7 Å². The Kier molecular flexibility index (Phi) is 4.24. The van der Waals surface area contributed by atoms with Crippen LogP contribution in [0.5, 0.6) is 0 Å². The number of nitrogens with one attached hydrogen (secondary N) is 1. The molecular weight excluding hydrogens is 314 g/mol. The molecule has 0 spiro atoms. The van der Waals surface area contributed by atoms with Gasteiger partial charge in [-0.1, -0.05) is 23.2 Å². The number of methoxy groups -OCH3 is 1. The van der Waals surface area contributed by atoms with E-state index in [0.717, 1.165) is 12.1 Å². The zero-order chi connectivity index (χ0) is 14.0. The van der Waals surface area contributed by atoms with Crippen LogP contribution in [-0.4, -0.2) is 18.1 Å². The Bertz CT molecular complexity index is 610. The summed E-state index contributed by atoms with van der Waals surface area (Å²) in [5, 5.41) is 5.01. The van der Waals surface area contributed by atoms with E-state index in [1.807, 2.05) is 0 Å². The number of ether oxygens (including phenoxy) is 1. The molecule has 2 rings (SSSR count). The number of carbonyl (C=O) groups excluding carboxylic acids is 1. The number of aromatic nitrogens is 1. The summed E-state index contributed by atoms with van der Waals surface area (Å²) in [4.78, 5) is 15.3. The molecule has 1 aromatic carbocycles. The maximum absolute atomic E-state index is 13.0. The number of nitrogens with zero attached hydrogens (tertiary/aromatic N) is 1. The third-order valence-corrected chi connectivity index (χ3v) is 3.49. The molecule has 0 saturated heterocycles. The van der Waals surface area contributed by atoms with Gasteiger partial charge < -0.3 is 10.1 Å². The van der Waals surface area contributed by atoms with Crippen molar-refractivity contribution in [2.24, 2.45) is 0 Å². The van der Waals surface area contributed by atoms with Gasteiger partial charge in [-0.15, -0.1) is 11.3 Å². The van der Waals surface area contributed by atoms with Gasteiger partial charge in [-0.2, -0.15) is 0 Å². The average molecular weight is 321 g/mol. The van der Waals surface area contributed by atoms with E-state index >= 15 is 0 Å². The molecule has 8 heteroatoms. The van der Waals surface area contributed by atoms with Crippen LogP contribution in [0.25, 0.3) is 0 Å². The first-order valence-corrected chi connectivity index (χ1v) is 6.60. The lowest BCUT2D eigenvalue weighted by molar-refractivity contribution is 0.0595. The quantitative estimate of drug-likeness (QED) is 0.864. The molecule has 0 bridgehead atoms. The van der Waals surface area contributed by atoms with E-state index in [1.54, 1.807) is 0 Å². The van der Waals surface area contributed by atoms with Gasteiger partial charge >= 0.3 is 5.97 Å². The van der Waals surface area contributed by atoms with Crippen LogP contribution in [0.15, 0.2) is 17.5 Å². The number of anilines is 2. The molecule has 0 saturated carbocycles. The van der Waals surface area contributed by atoms with Gasteiger partial charge in [0.1, 0.15) is 5.82 Å². The summed E-state index contributed by atoms with van der Waals surface area (Å²) >= 11 is 12.9. The lowest BCUT2D eigenvalue weighted by atomic mass is 10.3. The fourth-order valence-electron chi connectivity index (χ4n) is 1.30. The molecule has 0 unspecified atom stereocenters. The maximum Gasteiger partial charge on any atom is 0.357 e. The molecule has 0 radical (unpaired) electrons. The highest BCUT2D eigenvalue weighted by Gasteiger charge is 2.13. The lowest BCUT2D eigenvalue weighted by Crippen LogP contribution is -2.01. The smallest absolute Gasteiger partial charge is 0.357 e. The van der Waals surface area contributed by atoms with Crippen molar-refractivity contribution in [2.45, 2.75) is 0 Å². The fraction of sp³-hybridized carbons (Fsp3) is 0.0909. The standard InChI is InChI=1S/C11H7Cl2FN2O2S/c1-18-10(17)8-4-19-11(15-8)16-9-6(12)2-5(14)3-7(9)13/h2-4H,1H3,(H,15,16). The van der Waals surface area contributed by atoms with Crippen molar-refractivity contribution in [1.29, 1.82) is 0 Å². The van der Waals surface area contributed by atoms with Gasteiger partial charge in [-0.3, -0.25) is 0 Å². The van der Waals surface area contributed by atoms with Crippen molar-refractivity contribution in [2.75, 3.05) is 12.4 Å². The number of thiazole rings is 1. The van der Waals surface area contributed by atoms with Crippen LogP contribution in [0.3, 0.4) is 0 Å². The summed E-state index contributed by atoms with van der Waals surface area (Å²) < 4.78 is 17.6. The number of carbonyl (C=O) groups is 1. The molecule has 100 valence electrons. The second kappa shape index (κ2) is 5.73. The molecule has 0 aliphatic heterocycles. The summed E-state index contributed by atoms with van der Waals surface area (Å²) in [5.74, 6) is -1.07. The second-order valence-corrected chi connectivity index (χ2v) is 5.07. The highest BCUT2D eigenvalue weighted by molar-refractivity contribution is 7.14. The molecule has 0 fully saturated rings. The highest BCUT2D eigenvalue weighted by atomic mass is 35.5. The molecule has 4 nitrogen and oxygen atoms in total. The summed E-state index contributed by atoms with van der Waals surface area (Å²) in [7, 11) is 1.27. The van der Waals surface area contributed by atoms with Crippen molar-refractivity contribution in [3.8, 4) is 0 Å². The first kappa shape index (κ1) is 14.0. The van der Waals surface area contributed by atoms with Crippen LogP contribution in [0.1, 0.15) is 10.5 Å². The Morgan fingerprint density at radius 2 is 2.05 bits per heavy atom. The number of halogens is 3. The van der Waals surface area contributed by atoms with Crippen LogP contribution in [-0.2, 0) is 4.74 Å². The van der Waals surface area contributed by atoms with Crippen molar-refractivity contribution >= 4 is 51.3 Å². The van der Waals surface area contributed by atoms with E-state index in [1.165, 1.54) is 23.8 Å². The van der Waals surface area contributed by atoms with Gasteiger partial charge in [-0.25, -0.2) is 14.2 Å². The van der Waals surface area contributed by atoms with Crippen molar-refractivity contribution in [3.63, 3.8) is 0 Å². The third-order valence-electron chi connectivity index (χ3n) is 2.14. The Labute approximate surface area is 122 Å². The first-order chi connectivity index (χ1) is 9.01. The van der Waals surface area contributed by atoms with E-state index in [4.69, 9.17) is 23.2 Å². The molecule has 1 N–H and O–H groups in total. The molecule has 0 atom stereocenters. The molecule has 19 heavy (non-hydrogen) atoms. The first-order valence-electron chi connectivity index (χ1n) is 4.96. The van der Waals surface area contributed by atoms with Crippen molar-refractivity contribution in [3.05, 3.63) is 39.1 Å². The molecule has 0 aliphatic carbocycles. The molecular formula is C11H7Cl2FN2O2S. The number of esters is 1. The van der Waals surface area contributed by atoms with Gasteiger partial charge in [0.25, 0.3) is 0 Å². The van der Waals surface area contributed by atoms with Crippen LogP contribution in [0, 0.1) is 5.82 Å². The third kappa shape index (κ3) is 3.15. The van der Waals surface area contributed by atoms with E-state index < -0.39 is 11.8 Å². The van der Waals surface area contributed by atoms with Gasteiger partial charge in [0.05, 0.1) is 22.8 Å². The highest BCUT2D eigenvalue weighted by Crippen LogP contribution is 2.34. The van der Waals surface area contributed by atoms with Gasteiger partial charge in [-0.05, 0) is 12.1 Å². The lowest BCUT2D eigenvalue weighted by Gasteiger charge is -2.07. The van der Waals surface area contributed by atoms with Crippen molar-refractivity contribution < 1.29 is 13.9 Å². The number of benzene rings is 1. The predicted molar refractivity (Wildman–Crippen MR) is 73.2 cm³/mol. The normalized spacial score (nSPS) is 10.3. The maximum atomic E-state index is 13.0. The SMILES string of the molecule is COC(=O)c1csc(Nc2c(Cl)cc(F)cc2Cl)n1. The Morgan fingerprint density at radius 1 is 1.42 bits per heavy atom. The second-order valence-electron chi connectivity index (χ2n) is 3.40. The Hall–Kier alpha value is -1.37. The largest absolute Gasteiger partial charge is 0.464 e. The predicted octanol–water partition coefficient (Wildman–Crippen LogP) is 4.12. The molecule has 1 aromatic heterocycles. The minimum absolute atomic E-state index is 0.125. The van der Waals surface area contributed by atoms with Gasteiger partial charge in [0, 0.05) is 5.38 Å². The summed E-state index contributed by atoms with van der Waals surface area (Å²) in [6.07, 6.45) is 0. The van der Waals surface area contributed by atoms with Crippen LogP contribution < -0.4 is 5.32 Å². The number of rotatable bonds is 3. The summed E-state index contributed by atoms with van der Waals surface area (Å²) in [6, 6.07) is 2.26. The summed E-state index contributed by atoms with van der Waals surface area (Å²) in [6.45, 7) is 0. The fourth-order valence-corrected chi connectivity index (χ4v) is 2.54. The number of hydrogen-bond donors (Lipinski definition) is 1.